The molecular formula is C41H55N17O8. The summed E-state index contributed by atoms with van der Waals surface area (Å²) >= 11 is 0. The second-order valence-corrected chi connectivity index (χ2v) is 15.5. The Morgan fingerprint density at radius 1 is 0.500 bits per heavy atom. The predicted molar refractivity (Wildman–Crippen MR) is 241 cm³/mol. The van der Waals surface area contributed by atoms with Crippen molar-refractivity contribution in [1.82, 2.24) is 64.0 Å². The van der Waals surface area contributed by atoms with Crippen molar-refractivity contribution >= 4 is 70.3 Å². The second-order valence-electron chi connectivity index (χ2n) is 15.5. The van der Waals surface area contributed by atoms with Gasteiger partial charge in [-0.3, -0.25) is 38.4 Å². The van der Waals surface area contributed by atoms with E-state index in [0.717, 1.165) is 13.0 Å². The van der Waals surface area contributed by atoms with E-state index in [0.29, 0.717) is 17.9 Å². The quantitative estimate of drug-likeness (QED) is 0.0418. The number of carbonyl (C=O) groups is 8. The third kappa shape index (κ3) is 13.7. The van der Waals surface area contributed by atoms with Crippen LogP contribution >= 0.6 is 0 Å². The van der Waals surface area contributed by atoms with Gasteiger partial charge in [0.05, 0.1) is 11.4 Å². The van der Waals surface area contributed by atoms with E-state index in [9.17, 15) is 38.4 Å². The summed E-state index contributed by atoms with van der Waals surface area (Å²) in [4.78, 5) is 116. The van der Waals surface area contributed by atoms with Crippen LogP contribution in [0.5, 0.6) is 0 Å². The molecule has 25 nitrogen and oxygen atoms in total. The zero-order valence-corrected chi connectivity index (χ0v) is 37.8. The van der Waals surface area contributed by atoms with Crippen LogP contribution in [0.4, 0.5) is 23.0 Å². The Hall–Kier alpha value is -8.09. The van der Waals surface area contributed by atoms with Crippen molar-refractivity contribution in [3.8, 4) is 0 Å². The molecule has 5 rings (SSSR count). The van der Waals surface area contributed by atoms with Crippen LogP contribution in [-0.4, -0.2) is 137 Å². The highest BCUT2D eigenvalue weighted by molar-refractivity contribution is 6.04. The number of anilines is 4. The molecule has 352 valence electrons. The van der Waals surface area contributed by atoms with Crippen LogP contribution in [0, 0.1) is 0 Å². The Bertz CT molecular complexity index is 2590. The van der Waals surface area contributed by atoms with E-state index in [1.807, 2.05) is 19.0 Å². The average Bonchev–Trinajstić information content (AvgIpc) is 4.08. The standard InChI is InChI=1S/C41H55N17O8/c1-53(2)17-8-12-42-31(59)9-13-44-37(62)28-20-26(22-56(28)5)48-41(66)36-52-30(24-58(36)7)50-33(61)11-15-46-39(64)35-51-29(23-57(35)6)49-32(60)10-14-45-38(63)27-19-25(21-55(27)4)47-40(65)34-43-16-18-54(34)3/h16,18-24H,8-15,17H2,1-7H3,(H,42,59)(H,44,62)(H,45,63)(H,46,64)(H,47,65)(H,48,66)(H,49,60)(H,50,61). The summed E-state index contributed by atoms with van der Waals surface area (Å²) in [6.45, 7) is 1.44. The van der Waals surface area contributed by atoms with Crippen molar-refractivity contribution in [3.63, 3.8) is 0 Å². The monoisotopic (exact) mass is 913 g/mol. The van der Waals surface area contributed by atoms with Crippen LogP contribution in [0.25, 0.3) is 0 Å². The highest BCUT2D eigenvalue weighted by atomic mass is 16.2. The van der Waals surface area contributed by atoms with Crippen molar-refractivity contribution in [2.75, 3.05) is 68.1 Å². The summed E-state index contributed by atoms with van der Waals surface area (Å²) in [5, 5.41) is 21.4. The molecule has 0 saturated heterocycles. The molecule has 8 N–H and O–H groups in total. The molecule has 0 fully saturated rings. The Morgan fingerprint density at radius 3 is 1.42 bits per heavy atom. The molecule has 0 aliphatic carbocycles. The number of hydrogen-bond donors (Lipinski definition) is 8. The first-order valence-corrected chi connectivity index (χ1v) is 20.7. The lowest BCUT2D eigenvalue weighted by molar-refractivity contribution is -0.121. The first-order chi connectivity index (χ1) is 31.4. The molecule has 0 saturated carbocycles. The van der Waals surface area contributed by atoms with Crippen molar-refractivity contribution in [3.05, 3.63) is 78.2 Å². The lowest BCUT2D eigenvalue weighted by Gasteiger charge is -2.10. The number of nitrogens with zero attached hydrogens (tertiary/aromatic N) is 9. The number of amides is 8. The van der Waals surface area contributed by atoms with E-state index in [-0.39, 0.29) is 85.3 Å². The van der Waals surface area contributed by atoms with Gasteiger partial charge in [0.25, 0.3) is 29.5 Å². The molecular weight excluding hydrogens is 859 g/mol. The van der Waals surface area contributed by atoms with Crippen LogP contribution < -0.4 is 42.5 Å². The molecule has 5 aromatic heterocycles. The van der Waals surface area contributed by atoms with Crippen LogP contribution in [0.2, 0.25) is 0 Å². The molecule has 0 atom stereocenters. The average molecular weight is 914 g/mol. The highest BCUT2D eigenvalue weighted by Gasteiger charge is 2.21. The number of aromatic nitrogens is 8. The van der Waals surface area contributed by atoms with E-state index in [2.05, 4.69) is 57.5 Å². The largest absolute Gasteiger partial charge is 0.356 e. The van der Waals surface area contributed by atoms with Gasteiger partial charge in [0.2, 0.25) is 29.4 Å². The Balaban J connectivity index is 1.00. The maximum absolute atomic E-state index is 13.1. The summed E-state index contributed by atoms with van der Waals surface area (Å²) < 4.78 is 7.44. The van der Waals surface area contributed by atoms with Crippen molar-refractivity contribution < 1.29 is 38.4 Å². The number of carbonyl (C=O) groups excluding carboxylic acids is 8. The third-order valence-corrected chi connectivity index (χ3v) is 9.73. The number of imidazole rings is 3. The number of nitrogens with one attached hydrogen (secondary N) is 8. The number of hydrogen-bond acceptors (Lipinski definition) is 12. The van der Waals surface area contributed by atoms with Gasteiger partial charge in [0.1, 0.15) is 11.4 Å². The van der Waals surface area contributed by atoms with Crippen molar-refractivity contribution in [2.45, 2.75) is 25.7 Å². The van der Waals surface area contributed by atoms with E-state index in [1.165, 1.54) is 49.0 Å². The summed E-state index contributed by atoms with van der Waals surface area (Å²) in [7, 11) is 12.0. The number of aryl methyl sites for hydroxylation is 5. The molecule has 0 aromatic carbocycles. The fourth-order valence-corrected chi connectivity index (χ4v) is 6.40. The molecule has 25 heteroatoms. The van der Waals surface area contributed by atoms with Crippen LogP contribution in [-0.2, 0) is 49.6 Å². The van der Waals surface area contributed by atoms with Gasteiger partial charge in [-0.1, -0.05) is 0 Å². The zero-order valence-electron chi connectivity index (χ0n) is 37.8. The second kappa shape index (κ2) is 22.5. The fraction of sp³-hybridized carbons (Fsp3) is 0.390. The normalized spacial score (nSPS) is 10.9. The van der Waals surface area contributed by atoms with Gasteiger partial charge in [0, 0.05) is 118 Å². The Kier molecular flexibility index (Phi) is 16.7. The third-order valence-electron chi connectivity index (χ3n) is 9.73. The van der Waals surface area contributed by atoms with Gasteiger partial charge in [-0.15, -0.1) is 0 Å². The minimum atomic E-state index is -0.608. The topological polar surface area (TPSA) is 299 Å². The Labute approximate surface area is 379 Å². The van der Waals surface area contributed by atoms with Crippen LogP contribution in [0.15, 0.2) is 49.3 Å². The summed E-state index contributed by atoms with van der Waals surface area (Å²) in [6, 6.07) is 2.99. The van der Waals surface area contributed by atoms with Crippen LogP contribution in [0.3, 0.4) is 0 Å². The van der Waals surface area contributed by atoms with E-state index in [1.54, 1.807) is 58.4 Å². The maximum Gasteiger partial charge on any atom is 0.291 e. The SMILES string of the molecule is CN(C)CCCNC(=O)CCNC(=O)c1cc(NC(=O)c2nc(NC(=O)CCNC(=O)c3nc(NC(=O)CCNC(=O)c4cc(NC(=O)c5nccn5C)cn4C)cn3C)cn2C)cn1C. The molecule has 5 heterocycles. The summed E-state index contributed by atoms with van der Waals surface area (Å²) in [5.41, 5.74) is 1.22. The van der Waals surface area contributed by atoms with Gasteiger partial charge >= 0.3 is 0 Å². The molecule has 0 spiro atoms. The van der Waals surface area contributed by atoms with Gasteiger partial charge in [0.15, 0.2) is 17.5 Å². The lowest BCUT2D eigenvalue weighted by atomic mass is 10.3. The molecule has 66 heavy (non-hydrogen) atoms. The van der Waals surface area contributed by atoms with Gasteiger partial charge < -0.3 is 70.3 Å². The summed E-state index contributed by atoms with van der Waals surface area (Å²) in [6.07, 6.45) is 9.82. The maximum atomic E-state index is 13.1. The summed E-state index contributed by atoms with van der Waals surface area (Å²) in [5.74, 6) is -3.35. The van der Waals surface area contributed by atoms with E-state index >= 15 is 0 Å². The van der Waals surface area contributed by atoms with Gasteiger partial charge in [-0.05, 0) is 39.2 Å². The van der Waals surface area contributed by atoms with Crippen molar-refractivity contribution in [2.24, 2.45) is 35.2 Å². The van der Waals surface area contributed by atoms with Gasteiger partial charge in [-0.2, -0.15) is 0 Å². The highest BCUT2D eigenvalue weighted by Crippen LogP contribution is 2.17. The molecule has 8 amide bonds. The number of rotatable bonds is 22. The first kappa shape index (κ1) is 48.9. The Morgan fingerprint density at radius 2 is 0.955 bits per heavy atom. The smallest absolute Gasteiger partial charge is 0.291 e. The van der Waals surface area contributed by atoms with E-state index in [4.69, 9.17) is 0 Å². The zero-order chi connectivity index (χ0) is 48.1. The molecule has 0 bridgehead atoms. The molecule has 5 aromatic rings. The molecule has 0 aliphatic rings. The molecule has 0 unspecified atom stereocenters. The van der Waals surface area contributed by atoms with Crippen molar-refractivity contribution in [1.29, 1.82) is 0 Å². The molecule has 0 radical (unpaired) electrons. The van der Waals surface area contributed by atoms with E-state index < -0.39 is 41.4 Å². The fourth-order valence-electron chi connectivity index (χ4n) is 6.40. The minimum Gasteiger partial charge on any atom is -0.356 e. The van der Waals surface area contributed by atoms with Crippen LogP contribution in [0.1, 0.15) is 78.5 Å². The predicted octanol–water partition coefficient (Wildman–Crippen LogP) is -0.226. The molecule has 0 aliphatic heterocycles. The van der Waals surface area contributed by atoms with Gasteiger partial charge in [-0.25, -0.2) is 15.0 Å². The lowest BCUT2D eigenvalue weighted by Crippen LogP contribution is -2.32. The minimum absolute atomic E-state index is 0.0148. The first-order valence-electron chi connectivity index (χ1n) is 20.7.